The lowest BCUT2D eigenvalue weighted by Crippen LogP contribution is -2.55. The SMILES string of the molecule is O=C1CN(S(=O)(=O)[C@@H]2CCCN(C(=O)C3CCCC3)C2)CCN1. The van der Waals surface area contributed by atoms with Gasteiger partial charge in [-0.15, -0.1) is 0 Å². The van der Waals surface area contributed by atoms with Crippen LogP contribution < -0.4 is 5.32 Å². The normalized spacial score (nSPS) is 27.9. The number of amides is 2. The molecule has 8 heteroatoms. The van der Waals surface area contributed by atoms with Gasteiger partial charge in [0.15, 0.2) is 0 Å². The van der Waals surface area contributed by atoms with E-state index in [4.69, 9.17) is 0 Å². The summed E-state index contributed by atoms with van der Waals surface area (Å²) in [6, 6.07) is 0. The molecular weight excluding hydrogens is 318 g/mol. The Morgan fingerprint density at radius 3 is 2.52 bits per heavy atom. The monoisotopic (exact) mass is 343 g/mol. The number of likely N-dealkylation sites (tertiary alicyclic amines) is 1. The molecule has 0 spiro atoms. The van der Waals surface area contributed by atoms with Crippen LogP contribution in [0.25, 0.3) is 0 Å². The van der Waals surface area contributed by atoms with Gasteiger partial charge in [0.25, 0.3) is 0 Å². The summed E-state index contributed by atoms with van der Waals surface area (Å²) in [4.78, 5) is 25.8. The predicted molar refractivity (Wildman–Crippen MR) is 85.1 cm³/mol. The molecule has 0 bridgehead atoms. The lowest BCUT2D eigenvalue weighted by molar-refractivity contribution is -0.136. The number of carbonyl (C=O) groups excluding carboxylic acids is 2. The fourth-order valence-electron chi connectivity index (χ4n) is 3.86. The van der Waals surface area contributed by atoms with E-state index in [2.05, 4.69) is 5.32 Å². The number of nitrogens with zero attached hydrogens (tertiary/aromatic N) is 2. The maximum absolute atomic E-state index is 12.8. The molecule has 3 rings (SSSR count). The minimum Gasteiger partial charge on any atom is -0.354 e. The molecule has 2 amide bonds. The first kappa shape index (κ1) is 16.7. The van der Waals surface area contributed by atoms with E-state index in [0.29, 0.717) is 32.5 Å². The first-order chi connectivity index (χ1) is 11.0. The van der Waals surface area contributed by atoms with Gasteiger partial charge < -0.3 is 10.2 Å². The number of piperidine rings is 1. The van der Waals surface area contributed by atoms with E-state index in [9.17, 15) is 18.0 Å². The molecule has 2 aliphatic heterocycles. The molecule has 7 nitrogen and oxygen atoms in total. The standard InChI is InChI=1S/C15H25N3O4S/c19-14-11-18(9-7-16-14)23(21,22)13-6-3-8-17(10-13)15(20)12-4-1-2-5-12/h12-13H,1-11H2,(H,16,19)/t13-/m1/s1. The number of piperazine rings is 1. The maximum atomic E-state index is 12.8. The quantitative estimate of drug-likeness (QED) is 0.777. The summed E-state index contributed by atoms with van der Waals surface area (Å²) in [7, 11) is -3.53. The highest BCUT2D eigenvalue weighted by molar-refractivity contribution is 7.89. The molecular formula is C15H25N3O4S. The smallest absolute Gasteiger partial charge is 0.235 e. The summed E-state index contributed by atoms with van der Waals surface area (Å²) in [5, 5.41) is 2.07. The molecule has 130 valence electrons. The minimum absolute atomic E-state index is 0.0808. The maximum Gasteiger partial charge on any atom is 0.235 e. The second-order valence-corrected chi connectivity index (χ2v) is 8.97. The number of sulfonamides is 1. The molecule has 0 aromatic rings. The average Bonchev–Trinajstić information content (AvgIpc) is 3.09. The third kappa shape index (κ3) is 3.52. The molecule has 0 aromatic heterocycles. The van der Waals surface area contributed by atoms with Crippen molar-refractivity contribution < 1.29 is 18.0 Å². The highest BCUT2D eigenvalue weighted by Crippen LogP contribution is 2.29. The van der Waals surface area contributed by atoms with Crippen LogP contribution >= 0.6 is 0 Å². The van der Waals surface area contributed by atoms with Gasteiger partial charge in [-0.25, -0.2) is 8.42 Å². The van der Waals surface area contributed by atoms with Crippen molar-refractivity contribution in [2.45, 2.75) is 43.8 Å². The highest BCUT2D eigenvalue weighted by atomic mass is 32.2. The average molecular weight is 343 g/mol. The van der Waals surface area contributed by atoms with Crippen molar-refractivity contribution >= 4 is 21.8 Å². The molecule has 3 fully saturated rings. The van der Waals surface area contributed by atoms with Gasteiger partial charge in [0.2, 0.25) is 21.8 Å². The van der Waals surface area contributed by atoms with Crippen molar-refractivity contribution in [1.82, 2.24) is 14.5 Å². The Bertz CT molecular complexity index is 571. The first-order valence-corrected chi connectivity index (χ1v) is 10.0. The fourth-order valence-corrected chi connectivity index (χ4v) is 5.75. The number of hydrogen-bond donors (Lipinski definition) is 1. The van der Waals surface area contributed by atoms with Crippen LogP contribution in [0.4, 0.5) is 0 Å². The molecule has 1 saturated carbocycles. The number of rotatable bonds is 3. The third-order valence-electron chi connectivity index (χ3n) is 5.18. The topological polar surface area (TPSA) is 86.8 Å². The van der Waals surface area contributed by atoms with E-state index in [1.54, 1.807) is 4.90 Å². The van der Waals surface area contributed by atoms with E-state index in [0.717, 1.165) is 25.7 Å². The molecule has 2 heterocycles. The summed E-state index contributed by atoms with van der Waals surface area (Å²) in [6.07, 6.45) is 5.32. The van der Waals surface area contributed by atoms with Gasteiger partial charge in [-0.05, 0) is 25.7 Å². The molecule has 0 radical (unpaired) electrons. The van der Waals surface area contributed by atoms with Crippen molar-refractivity contribution in [3.63, 3.8) is 0 Å². The van der Waals surface area contributed by atoms with Crippen molar-refractivity contribution in [3.05, 3.63) is 0 Å². The second kappa shape index (κ2) is 6.76. The van der Waals surface area contributed by atoms with Gasteiger partial charge in [-0.2, -0.15) is 4.31 Å². The van der Waals surface area contributed by atoms with Crippen LogP contribution in [0.15, 0.2) is 0 Å². The van der Waals surface area contributed by atoms with Gasteiger partial charge in [-0.1, -0.05) is 12.8 Å². The van der Waals surface area contributed by atoms with Crippen LogP contribution in [0.2, 0.25) is 0 Å². The third-order valence-corrected chi connectivity index (χ3v) is 7.44. The summed E-state index contributed by atoms with van der Waals surface area (Å²) in [5.41, 5.74) is 0. The molecule has 1 aliphatic carbocycles. The van der Waals surface area contributed by atoms with Gasteiger partial charge in [0.05, 0.1) is 11.8 Å². The number of carbonyl (C=O) groups is 2. The van der Waals surface area contributed by atoms with Crippen molar-refractivity contribution in [3.8, 4) is 0 Å². The van der Waals surface area contributed by atoms with Crippen LogP contribution in [0.3, 0.4) is 0 Å². The minimum atomic E-state index is -3.53. The largest absolute Gasteiger partial charge is 0.354 e. The Balaban J connectivity index is 1.67. The van der Waals surface area contributed by atoms with E-state index in [1.165, 1.54) is 4.31 Å². The Morgan fingerprint density at radius 1 is 1.09 bits per heavy atom. The van der Waals surface area contributed by atoms with Gasteiger partial charge >= 0.3 is 0 Å². The molecule has 1 N–H and O–H groups in total. The number of nitrogens with one attached hydrogen (secondary N) is 1. The van der Waals surface area contributed by atoms with Crippen LogP contribution in [0.1, 0.15) is 38.5 Å². The van der Waals surface area contributed by atoms with E-state index in [-0.39, 0.29) is 30.8 Å². The molecule has 0 unspecified atom stereocenters. The van der Waals surface area contributed by atoms with Crippen LogP contribution in [0, 0.1) is 5.92 Å². The van der Waals surface area contributed by atoms with E-state index in [1.807, 2.05) is 0 Å². The molecule has 23 heavy (non-hydrogen) atoms. The Morgan fingerprint density at radius 2 is 1.83 bits per heavy atom. The van der Waals surface area contributed by atoms with E-state index < -0.39 is 15.3 Å². The van der Waals surface area contributed by atoms with Crippen LogP contribution in [-0.2, 0) is 19.6 Å². The van der Waals surface area contributed by atoms with E-state index >= 15 is 0 Å². The van der Waals surface area contributed by atoms with Crippen molar-refractivity contribution in [2.75, 3.05) is 32.7 Å². The van der Waals surface area contributed by atoms with Gasteiger partial charge in [0.1, 0.15) is 0 Å². The molecule has 3 aliphatic rings. The zero-order valence-electron chi connectivity index (χ0n) is 13.4. The second-order valence-electron chi connectivity index (χ2n) is 6.76. The van der Waals surface area contributed by atoms with Crippen LogP contribution in [-0.4, -0.2) is 67.4 Å². The lowest BCUT2D eigenvalue weighted by atomic mass is 10.0. The Labute approximate surface area is 137 Å². The first-order valence-electron chi connectivity index (χ1n) is 8.53. The zero-order chi connectivity index (χ0) is 16.4. The van der Waals surface area contributed by atoms with Gasteiger partial charge in [-0.3, -0.25) is 9.59 Å². The Hall–Kier alpha value is -1.15. The number of hydrogen-bond acceptors (Lipinski definition) is 4. The summed E-state index contributed by atoms with van der Waals surface area (Å²) in [6.45, 7) is 1.50. The predicted octanol–water partition coefficient (Wildman–Crippen LogP) is -0.0708. The summed E-state index contributed by atoms with van der Waals surface area (Å²) in [5.74, 6) is -0.0504. The lowest BCUT2D eigenvalue weighted by Gasteiger charge is -2.37. The highest BCUT2D eigenvalue weighted by Gasteiger charge is 2.39. The molecule has 0 aromatic carbocycles. The molecule has 1 atom stereocenters. The fraction of sp³-hybridized carbons (Fsp3) is 0.867. The van der Waals surface area contributed by atoms with Crippen molar-refractivity contribution in [2.24, 2.45) is 5.92 Å². The van der Waals surface area contributed by atoms with Gasteiger partial charge in [0, 0.05) is 32.1 Å². The molecule has 2 saturated heterocycles. The zero-order valence-corrected chi connectivity index (χ0v) is 14.2. The van der Waals surface area contributed by atoms with Crippen LogP contribution in [0.5, 0.6) is 0 Å². The Kier molecular flexibility index (Phi) is 4.91. The summed E-state index contributed by atoms with van der Waals surface area (Å²) < 4.78 is 26.8. The summed E-state index contributed by atoms with van der Waals surface area (Å²) >= 11 is 0. The van der Waals surface area contributed by atoms with Crippen molar-refractivity contribution in [1.29, 1.82) is 0 Å².